The molecule has 0 spiro atoms. The summed E-state index contributed by atoms with van der Waals surface area (Å²) >= 11 is 0. The van der Waals surface area contributed by atoms with Crippen molar-refractivity contribution < 1.29 is 9.32 Å². The average Bonchev–Trinajstić information content (AvgIpc) is 3.53. The number of hydrogen-bond acceptors (Lipinski definition) is 6. The van der Waals surface area contributed by atoms with Crippen molar-refractivity contribution in [2.24, 2.45) is 7.05 Å². The highest BCUT2D eigenvalue weighted by molar-refractivity contribution is 5.91. The highest BCUT2D eigenvalue weighted by Gasteiger charge is 2.19. The van der Waals surface area contributed by atoms with Gasteiger partial charge in [-0.1, -0.05) is 38.1 Å². The Morgan fingerprint density at radius 2 is 1.88 bits per heavy atom. The molecular formula is C25H25N7O2. The summed E-state index contributed by atoms with van der Waals surface area (Å²) in [6.45, 7) is 6.12. The zero-order valence-electron chi connectivity index (χ0n) is 19.5. The first kappa shape index (κ1) is 21.6. The maximum atomic E-state index is 12.5. The van der Waals surface area contributed by atoms with Crippen LogP contribution >= 0.6 is 0 Å². The molecule has 34 heavy (non-hydrogen) atoms. The van der Waals surface area contributed by atoms with E-state index in [1.54, 1.807) is 23.3 Å². The van der Waals surface area contributed by atoms with Crippen molar-refractivity contribution in [2.45, 2.75) is 32.6 Å². The van der Waals surface area contributed by atoms with E-state index in [9.17, 15) is 4.79 Å². The fourth-order valence-corrected chi connectivity index (χ4v) is 3.65. The molecule has 0 atom stereocenters. The number of hydrogen-bond donors (Lipinski definition) is 1. The van der Waals surface area contributed by atoms with Crippen molar-refractivity contribution in [3.05, 3.63) is 72.6 Å². The number of aryl methyl sites for hydroxylation is 1. The van der Waals surface area contributed by atoms with Crippen LogP contribution in [0.2, 0.25) is 0 Å². The molecule has 0 fully saturated rings. The molecule has 0 aliphatic rings. The number of amides is 1. The fraction of sp³-hybridized carbons (Fsp3) is 0.240. The SMILES string of the molecule is Cn1cc(-c2cc3ncn(-c4ccc(CC(=O)Nc5cc(C(C)(C)C)no5)cc4)c3cn2)cn1. The Balaban J connectivity index is 1.29. The second-order valence-electron chi connectivity index (χ2n) is 9.29. The van der Waals surface area contributed by atoms with Gasteiger partial charge in [0.1, 0.15) is 6.33 Å². The van der Waals surface area contributed by atoms with Gasteiger partial charge in [0, 0.05) is 36.0 Å². The van der Waals surface area contributed by atoms with E-state index in [2.05, 4.69) is 25.5 Å². The van der Waals surface area contributed by atoms with Gasteiger partial charge < -0.3 is 4.52 Å². The number of carbonyl (C=O) groups excluding carboxylic acids is 1. The summed E-state index contributed by atoms with van der Waals surface area (Å²) in [5.74, 6) is 0.194. The van der Waals surface area contributed by atoms with E-state index in [4.69, 9.17) is 4.52 Å². The minimum absolute atomic E-state index is 0.143. The molecule has 4 aromatic heterocycles. The molecule has 0 bridgehead atoms. The summed E-state index contributed by atoms with van der Waals surface area (Å²) in [5.41, 5.74) is 6.00. The summed E-state index contributed by atoms with van der Waals surface area (Å²) in [6.07, 6.45) is 7.53. The first-order valence-electron chi connectivity index (χ1n) is 10.9. The Morgan fingerprint density at radius 1 is 1.09 bits per heavy atom. The number of aromatic nitrogens is 6. The summed E-state index contributed by atoms with van der Waals surface area (Å²) < 4.78 is 8.96. The molecule has 4 heterocycles. The van der Waals surface area contributed by atoms with Crippen LogP contribution in [0.15, 0.2) is 65.8 Å². The van der Waals surface area contributed by atoms with E-state index in [1.165, 1.54) is 0 Å². The summed E-state index contributed by atoms with van der Waals surface area (Å²) in [4.78, 5) is 21.6. The Kier molecular flexibility index (Phi) is 5.24. The molecule has 1 amide bonds. The third-order valence-electron chi connectivity index (χ3n) is 5.55. The van der Waals surface area contributed by atoms with E-state index >= 15 is 0 Å². The van der Waals surface area contributed by atoms with Crippen molar-refractivity contribution in [1.29, 1.82) is 0 Å². The van der Waals surface area contributed by atoms with Crippen molar-refractivity contribution in [2.75, 3.05) is 5.32 Å². The van der Waals surface area contributed by atoms with E-state index in [0.717, 1.165) is 39.2 Å². The van der Waals surface area contributed by atoms with Gasteiger partial charge in [0.15, 0.2) is 0 Å². The smallest absolute Gasteiger partial charge is 0.231 e. The van der Waals surface area contributed by atoms with Gasteiger partial charge in [-0.15, -0.1) is 0 Å². The lowest BCUT2D eigenvalue weighted by Crippen LogP contribution is -2.14. The highest BCUT2D eigenvalue weighted by atomic mass is 16.5. The third kappa shape index (κ3) is 4.32. The average molecular weight is 456 g/mol. The quantitative estimate of drug-likeness (QED) is 0.424. The number of rotatable bonds is 5. The van der Waals surface area contributed by atoms with Crippen LogP contribution < -0.4 is 5.32 Å². The Bertz CT molecular complexity index is 1470. The van der Waals surface area contributed by atoms with Crippen LogP contribution in [0.4, 0.5) is 5.88 Å². The van der Waals surface area contributed by atoms with Crippen LogP contribution in [0.3, 0.4) is 0 Å². The number of carbonyl (C=O) groups is 1. The van der Waals surface area contributed by atoms with Gasteiger partial charge in [0.2, 0.25) is 11.8 Å². The Hall–Kier alpha value is -4.27. The summed E-state index contributed by atoms with van der Waals surface area (Å²) in [5, 5.41) is 11.0. The van der Waals surface area contributed by atoms with Crippen LogP contribution in [0.5, 0.6) is 0 Å². The molecule has 1 aromatic carbocycles. The normalized spacial score (nSPS) is 11.8. The van der Waals surface area contributed by atoms with E-state index < -0.39 is 0 Å². The van der Waals surface area contributed by atoms with Gasteiger partial charge in [-0.2, -0.15) is 5.10 Å². The number of nitrogens with one attached hydrogen (secondary N) is 1. The number of pyridine rings is 1. The topological polar surface area (TPSA) is 104 Å². The molecule has 172 valence electrons. The highest BCUT2D eigenvalue weighted by Crippen LogP contribution is 2.25. The van der Waals surface area contributed by atoms with Crippen LogP contribution in [0, 0.1) is 0 Å². The standard InChI is InChI=1S/C25H25N7O2/c1-25(2,3)22-11-24(34-30-22)29-23(33)9-16-5-7-18(8-6-16)32-15-27-20-10-19(26-13-21(20)32)17-12-28-31(4)14-17/h5-8,10-15H,9H2,1-4H3,(H,29,33). The zero-order chi connectivity index (χ0) is 23.9. The zero-order valence-corrected chi connectivity index (χ0v) is 19.5. The number of imidazole rings is 1. The second kappa shape index (κ2) is 8.26. The van der Waals surface area contributed by atoms with Crippen LogP contribution in [-0.4, -0.2) is 35.4 Å². The number of fused-ring (bicyclic) bond motifs is 1. The van der Waals surface area contributed by atoms with Crippen molar-refractivity contribution >= 4 is 22.8 Å². The molecule has 5 rings (SSSR count). The third-order valence-corrected chi connectivity index (χ3v) is 5.55. The van der Waals surface area contributed by atoms with E-state index in [-0.39, 0.29) is 17.7 Å². The molecule has 1 N–H and O–H groups in total. The van der Waals surface area contributed by atoms with Gasteiger partial charge in [-0.05, 0) is 23.8 Å². The first-order chi connectivity index (χ1) is 16.3. The molecule has 0 saturated carbocycles. The number of nitrogens with zero attached hydrogens (tertiary/aromatic N) is 6. The van der Waals surface area contributed by atoms with Crippen LogP contribution in [-0.2, 0) is 23.7 Å². The van der Waals surface area contributed by atoms with Crippen molar-refractivity contribution in [3.63, 3.8) is 0 Å². The summed E-state index contributed by atoms with van der Waals surface area (Å²) in [7, 11) is 1.88. The Morgan fingerprint density at radius 3 is 2.56 bits per heavy atom. The largest absolute Gasteiger partial charge is 0.338 e. The van der Waals surface area contributed by atoms with Gasteiger partial charge in [-0.25, -0.2) is 4.98 Å². The van der Waals surface area contributed by atoms with Gasteiger partial charge in [0.05, 0.1) is 41.2 Å². The maximum absolute atomic E-state index is 12.5. The van der Waals surface area contributed by atoms with Crippen molar-refractivity contribution in [3.8, 4) is 16.9 Å². The molecule has 0 saturated heterocycles. The molecule has 0 radical (unpaired) electrons. The predicted molar refractivity (Wildman–Crippen MR) is 129 cm³/mol. The lowest BCUT2D eigenvalue weighted by molar-refractivity contribution is -0.115. The van der Waals surface area contributed by atoms with Gasteiger partial charge >= 0.3 is 0 Å². The first-order valence-corrected chi connectivity index (χ1v) is 10.9. The molecule has 5 aromatic rings. The molecule has 9 heteroatoms. The number of anilines is 1. The molecule has 9 nitrogen and oxygen atoms in total. The van der Waals surface area contributed by atoms with Gasteiger partial charge in [-0.3, -0.25) is 24.3 Å². The predicted octanol–water partition coefficient (Wildman–Crippen LogP) is 4.29. The Labute approximate surface area is 196 Å². The maximum Gasteiger partial charge on any atom is 0.231 e. The second-order valence-corrected chi connectivity index (χ2v) is 9.29. The van der Waals surface area contributed by atoms with Gasteiger partial charge in [0.25, 0.3) is 0 Å². The molecule has 0 aliphatic heterocycles. The van der Waals surface area contributed by atoms with Crippen molar-refractivity contribution in [1.82, 2.24) is 29.5 Å². The molecule has 0 aliphatic carbocycles. The summed E-state index contributed by atoms with van der Waals surface area (Å²) in [6, 6.07) is 11.5. The van der Waals surface area contributed by atoms with E-state index in [1.807, 2.05) is 75.1 Å². The molecule has 0 unspecified atom stereocenters. The minimum Gasteiger partial charge on any atom is -0.338 e. The number of benzene rings is 1. The fourth-order valence-electron chi connectivity index (χ4n) is 3.65. The van der Waals surface area contributed by atoms with Crippen LogP contribution in [0.25, 0.3) is 28.0 Å². The lowest BCUT2D eigenvalue weighted by atomic mass is 9.92. The van der Waals surface area contributed by atoms with Crippen LogP contribution in [0.1, 0.15) is 32.0 Å². The molecular weight excluding hydrogens is 430 g/mol. The minimum atomic E-state index is -0.162. The lowest BCUT2D eigenvalue weighted by Gasteiger charge is -2.12. The monoisotopic (exact) mass is 455 g/mol. The van der Waals surface area contributed by atoms with E-state index in [0.29, 0.717) is 5.88 Å².